The summed E-state index contributed by atoms with van der Waals surface area (Å²) >= 11 is 0. The van der Waals surface area contributed by atoms with E-state index in [1.807, 2.05) is 27.7 Å². The first-order valence-corrected chi connectivity index (χ1v) is 8.37. The largest absolute Gasteiger partial charge is 0.456 e. The molecule has 2 aromatic rings. The van der Waals surface area contributed by atoms with Gasteiger partial charge in [0.1, 0.15) is 17.1 Å². The Kier molecular flexibility index (Phi) is 4.21. The van der Waals surface area contributed by atoms with Crippen molar-refractivity contribution in [3.8, 4) is 0 Å². The molecule has 0 bridgehead atoms. The van der Waals surface area contributed by atoms with Gasteiger partial charge < -0.3 is 14.4 Å². The van der Waals surface area contributed by atoms with Crippen molar-refractivity contribution in [2.24, 2.45) is 0 Å². The molecule has 1 N–H and O–H groups in total. The molecule has 7 heteroatoms. The summed E-state index contributed by atoms with van der Waals surface area (Å²) in [6, 6.07) is 1.95. The fourth-order valence-corrected chi connectivity index (χ4v) is 3.05. The fourth-order valence-electron chi connectivity index (χ4n) is 3.05. The van der Waals surface area contributed by atoms with E-state index < -0.39 is 5.60 Å². The SMILES string of the molecule is CCc1oc(C(=O)N2CC[C@](O)(c3cn(C(C)C)nn3)C2)cc1C. The van der Waals surface area contributed by atoms with E-state index in [1.54, 1.807) is 21.8 Å². The van der Waals surface area contributed by atoms with Crippen LogP contribution in [-0.4, -0.2) is 44.0 Å². The predicted octanol–water partition coefficient (Wildman–Crippen LogP) is 2.06. The molecule has 7 nitrogen and oxygen atoms in total. The van der Waals surface area contributed by atoms with Crippen molar-refractivity contribution in [2.45, 2.75) is 52.2 Å². The van der Waals surface area contributed by atoms with Crippen molar-refractivity contribution < 1.29 is 14.3 Å². The molecule has 130 valence electrons. The number of aromatic nitrogens is 3. The van der Waals surface area contributed by atoms with Gasteiger partial charge in [0.15, 0.2) is 5.76 Å². The second-order valence-corrected chi connectivity index (χ2v) is 6.76. The van der Waals surface area contributed by atoms with E-state index >= 15 is 0 Å². The summed E-state index contributed by atoms with van der Waals surface area (Å²) in [5.41, 5.74) is 0.337. The summed E-state index contributed by atoms with van der Waals surface area (Å²) in [6.07, 6.45) is 2.95. The standard InChI is InChI=1S/C17H24N4O3/c1-5-13-12(4)8-14(24-13)16(22)20-7-6-17(23,10-20)15-9-21(11(2)3)19-18-15/h8-9,11,23H,5-7,10H2,1-4H3/t17-/m1/s1. The molecular formula is C17H24N4O3. The number of furan rings is 1. The van der Waals surface area contributed by atoms with Gasteiger partial charge in [-0.3, -0.25) is 4.79 Å². The topological polar surface area (TPSA) is 84.4 Å². The van der Waals surface area contributed by atoms with Crippen molar-refractivity contribution in [1.29, 1.82) is 0 Å². The molecule has 1 saturated heterocycles. The van der Waals surface area contributed by atoms with Crippen LogP contribution in [0.5, 0.6) is 0 Å². The molecule has 1 amide bonds. The number of nitrogens with zero attached hydrogens (tertiary/aromatic N) is 4. The van der Waals surface area contributed by atoms with Gasteiger partial charge >= 0.3 is 0 Å². The van der Waals surface area contributed by atoms with Crippen molar-refractivity contribution in [2.75, 3.05) is 13.1 Å². The number of aryl methyl sites for hydroxylation is 2. The quantitative estimate of drug-likeness (QED) is 0.926. The third-order valence-corrected chi connectivity index (χ3v) is 4.60. The van der Waals surface area contributed by atoms with Gasteiger partial charge in [0.05, 0.1) is 12.7 Å². The van der Waals surface area contributed by atoms with Crippen LogP contribution in [0.4, 0.5) is 0 Å². The lowest BCUT2D eigenvalue weighted by Gasteiger charge is -2.20. The zero-order chi connectivity index (χ0) is 17.5. The van der Waals surface area contributed by atoms with Crippen molar-refractivity contribution in [1.82, 2.24) is 19.9 Å². The van der Waals surface area contributed by atoms with Crippen LogP contribution in [-0.2, 0) is 12.0 Å². The molecule has 24 heavy (non-hydrogen) atoms. The van der Waals surface area contributed by atoms with Crippen LogP contribution in [0.3, 0.4) is 0 Å². The number of aliphatic hydroxyl groups is 1. The summed E-state index contributed by atoms with van der Waals surface area (Å²) in [4.78, 5) is 14.3. The third-order valence-electron chi connectivity index (χ3n) is 4.60. The van der Waals surface area contributed by atoms with E-state index in [0.717, 1.165) is 17.7 Å². The van der Waals surface area contributed by atoms with Crippen LogP contribution in [0.15, 0.2) is 16.7 Å². The molecule has 0 saturated carbocycles. The minimum atomic E-state index is -1.15. The highest BCUT2D eigenvalue weighted by Gasteiger charge is 2.42. The van der Waals surface area contributed by atoms with Crippen LogP contribution in [0, 0.1) is 6.92 Å². The Morgan fingerprint density at radius 2 is 2.25 bits per heavy atom. The maximum Gasteiger partial charge on any atom is 0.289 e. The number of rotatable bonds is 4. The molecule has 1 aliphatic heterocycles. The number of carbonyl (C=O) groups is 1. The van der Waals surface area contributed by atoms with E-state index in [0.29, 0.717) is 24.4 Å². The van der Waals surface area contributed by atoms with Gasteiger partial charge in [-0.15, -0.1) is 5.10 Å². The van der Waals surface area contributed by atoms with Crippen LogP contribution in [0.1, 0.15) is 60.8 Å². The lowest BCUT2D eigenvalue weighted by molar-refractivity contribution is 0.0372. The second kappa shape index (κ2) is 6.05. The molecule has 3 rings (SSSR count). The number of β-amino-alcohol motifs (C(OH)–C–C–N with tert-alkyl or cyclic N) is 1. The highest BCUT2D eigenvalue weighted by Crippen LogP contribution is 2.32. The normalized spacial score (nSPS) is 21.0. The monoisotopic (exact) mass is 332 g/mol. The molecule has 0 aliphatic carbocycles. The van der Waals surface area contributed by atoms with Crippen molar-refractivity contribution >= 4 is 5.91 Å². The Morgan fingerprint density at radius 3 is 2.83 bits per heavy atom. The van der Waals surface area contributed by atoms with Crippen molar-refractivity contribution in [3.63, 3.8) is 0 Å². The third kappa shape index (κ3) is 2.84. The minimum absolute atomic E-state index is 0.174. The number of carbonyl (C=O) groups excluding carboxylic acids is 1. The maximum absolute atomic E-state index is 12.6. The lowest BCUT2D eigenvalue weighted by Crippen LogP contribution is -2.34. The minimum Gasteiger partial charge on any atom is -0.456 e. The Labute approximate surface area is 141 Å². The lowest BCUT2D eigenvalue weighted by atomic mass is 10.00. The maximum atomic E-state index is 12.6. The van der Waals surface area contributed by atoms with Crippen LogP contribution in [0.2, 0.25) is 0 Å². The van der Waals surface area contributed by atoms with Gasteiger partial charge in [0.25, 0.3) is 5.91 Å². The number of likely N-dealkylation sites (tertiary alicyclic amines) is 1. The Balaban J connectivity index is 1.76. The molecule has 1 aliphatic rings. The van der Waals surface area contributed by atoms with Crippen molar-refractivity contribution in [3.05, 3.63) is 35.0 Å². The summed E-state index contributed by atoms with van der Waals surface area (Å²) in [6.45, 7) is 8.58. The van der Waals surface area contributed by atoms with Gasteiger partial charge in [-0.2, -0.15) is 0 Å². The molecular weight excluding hydrogens is 308 g/mol. The molecule has 0 radical (unpaired) electrons. The smallest absolute Gasteiger partial charge is 0.289 e. The van der Waals surface area contributed by atoms with Gasteiger partial charge in [-0.05, 0) is 32.4 Å². The van der Waals surface area contributed by atoms with Gasteiger partial charge in [-0.1, -0.05) is 12.1 Å². The molecule has 0 unspecified atom stereocenters. The zero-order valence-electron chi connectivity index (χ0n) is 14.6. The van der Waals surface area contributed by atoms with E-state index in [-0.39, 0.29) is 18.5 Å². The molecule has 0 spiro atoms. The highest BCUT2D eigenvalue weighted by molar-refractivity contribution is 5.92. The first kappa shape index (κ1) is 16.7. The first-order valence-electron chi connectivity index (χ1n) is 8.37. The van der Waals surface area contributed by atoms with Crippen LogP contribution < -0.4 is 0 Å². The summed E-state index contributed by atoms with van der Waals surface area (Å²) in [5, 5.41) is 19.0. The average molecular weight is 332 g/mol. The van der Waals surface area contributed by atoms with E-state index in [9.17, 15) is 9.90 Å². The number of hydrogen-bond donors (Lipinski definition) is 1. The predicted molar refractivity (Wildman–Crippen MR) is 87.6 cm³/mol. The molecule has 2 aromatic heterocycles. The average Bonchev–Trinajstić information content (AvgIpc) is 3.24. The van der Waals surface area contributed by atoms with E-state index in [1.165, 1.54) is 0 Å². The van der Waals surface area contributed by atoms with Crippen LogP contribution in [0.25, 0.3) is 0 Å². The Hall–Kier alpha value is -2.15. The highest BCUT2D eigenvalue weighted by atomic mass is 16.4. The molecule has 1 fully saturated rings. The van der Waals surface area contributed by atoms with Crippen LogP contribution >= 0.6 is 0 Å². The van der Waals surface area contributed by atoms with E-state index in [4.69, 9.17) is 4.42 Å². The number of amides is 1. The second-order valence-electron chi connectivity index (χ2n) is 6.76. The fraction of sp³-hybridized carbons (Fsp3) is 0.588. The summed E-state index contributed by atoms with van der Waals surface area (Å²) < 4.78 is 7.35. The van der Waals surface area contributed by atoms with Gasteiger partial charge in [-0.25, -0.2) is 4.68 Å². The molecule has 0 aromatic carbocycles. The first-order chi connectivity index (χ1) is 11.3. The Morgan fingerprint density at radius 1 is 1.50 bits per heavy atom. The van der Waals surface area contributed by atoms with Gasteiger partial charge in [0.2, 0.25) is 0 Å². The molecule has 1 atom stereocenters. The summed E-state index contributed by atoms with van der Waals surface area (Å²) in [7, 11) is 0. The van der Waals surface area contributed by atoms with Gasteiger partial charge in [0, 0.05) is 25.4 Å². The zero-order valence-corrected chi connectivity index (χ0v) is 14.6. The molecule has 3 heterocycles. The Bertz CT molecular complexity index is 749. The number of hydrogen-bond acceptors (Lipinski definition) is 5. The van der Waals surface area contributed by atoms with E-state index in [2.05, 4.69) is 10.3 Å². The summed E-state index contributed by atoms with van der Waals surface area (Å²) in [5.74, 6) is 0.970.